The molecule has 0 radical (unpaired) electrons. The minimum Gasteiger partial charge on any atom is -0.370 e. The molecule has 0 aromatic heterocycles. The highest BCUT2D eigenvalue weighted by Crippen LogP contribution is 2.28. The van der Waals surface area contributed by atoms with E-state index in [1.807, 2.05) is 0 Å². The molecule has 0 aliphatic carbocycles. The van der Waals surface area contributed by atoms with E-state index in [2.05, 4.69) is 54.0 Å². The van der Waals surface area contributed by atoms with E-state index in [0.29, 0.717) is 0 Å². The Morgan fingerprint density at radius 3 is 2.95 bits per heavy atom. The van der Waals surface area contributed by atoms with Gasteiger partial charge in [-0.25, -0.2) is 0 Å². The van der Waals surface area contributed by atoms with Crippen LogP contribution in [0.3, 0.4) is 0 Å². The number of halogens is 1. The Morgan fingerprint density at radius 1 is 1.42 bits per heavy atom. The van der Waals surface area contributed by atoms with Crippen LogP contribution in [-0.4, -0.2) is 30.6 Å². The second-order valence-corrected chi connectivity index (χ2v) is 6.72. The molecule has 0 spiro atoms. The van der Waals surface area contributed by atoms with E-state index in [1.54, 1.807) is 0 Å². The van der Waals surface area contributed by atoms with Crippen LogP contribution in [0.4, 0.5) is 5.69 Å². The van der Waals surface area contributed by atoms with Crippen molar-refractivity contribution in [2.24, 2.45) is 0 Å². The summed E-state index contributed by atoms with van der Waals surface area (Å²) in [6.07, 6.45) is 1.24. The molecule has 1 aromatic rings. The van der Waals surface area contributed by atoms with E-state index in [0.717, 1.165) is 36.5 Å². The van der Waals surface area contributed by atoms with Crippen LogP contribution in [0.25, 0.3) is 0 Å². The third kappa shape index (κ3) is 4.04. The number of hydrogen-bond donors (Lipinski definition) is 1. The van der Waals surface area contributed by atoms with Gasteiger partial charge in [0.15, 0.2) is 0 Å². The van der Waals surface area contributed by atoms with Crippen LogP contribution in [0.15, 0.2) is 18.2 Å². The second kappa shape index (κ2) is 7.41. The molecule has 1 saturated heterocycles. The highest BCUT2D eigenvalue weighted by molar-refractivity contribution is 8.00. The van der Waals surface area contributed by atoms with Crippen LogP contribution >= 0.6 is 23.4 Å². The maximum absolute atomic E-state index is 6.38. The van der Waals surface area contributed by atoms with Crippen molar-refractivity contribution >= 4 is 29.1 Å². The first kappa shape index (κ1) is 15.0. The van der Waals surface area contributed by atoms with Gasteiger partial charge in [-0.3, -0.25) is 0 Å². The normalized spacial score (nSPS) is 19.7. The van der Waals surface area contributed by atoms with Crippen LogP contribution < -0.4 is 10.2 Å². The first-order chi connectivity index (χ1) is 9.24. The molecular formula is C15H23ClN2S. The van der Waals surface area contributed by atoms with Crippen molar-refractivity contribution in [2.75, 3.05) is 30.3 Å². The van der Waals surface area contributed by atoms with Gasteiger partial charge in [-0.15, -0.1) is 0 Å². The summed E-state index contributed by atoms with van der Waals surface area (Å²) < 4.78 is 0. The van der Waals surface area contributed by atoms with E-state index in [9.17, 15) is 0 Å². The van der Waals surface area contributed by atoms with Crippen LogP contribution in [0, 0.1) is 0 Å². The number of thioether (sulfide) groups is 1. The first-order valence-electron chi connectivity index (χ1n) is 7.10. The van der Waals surface area contributed by atoms with Gasteiger partial charge in [0.25, 0.3) is 0 Å². The third-order valence-corrected chi connectivity index (χ3v) is 5.29. The largest absolute Gasteiger partial charge is 0.370 e. The molecule has 1 heterocycles. The Balaban J connectivity index is 2.06. The van der Waals surface area contributed by atoms with Crippen molar-refractivity contribution in [3.05, 3.63) is 28.8 Å². The molecule has 1 fully saturated rings. The Hall–Kier alpha value is -0.380. The lowest BCUT2D eigenvalue weighted by atomic mass is 10.1. The molecule has 106 valence electrons. The van der Waals surface area contributed by atoms with E-state index in [4.69, 9.17) is 11.6 Å². The maximum atomic E-state index is 6.38. The van der Waals surface area contributed by atoms with Crippen molar-refractivity contribution in [3.8, 4) is 0 Å². The molecular weight excluding hydrogens is 276 g/mol. The van der Waals surface area contributed by atoms with Gasteiger partial charge in [-0.05, 0) is 30.7 Å². The summed E-state index contributed by atoms with van der Waals surface area (Å²) in [6, 6.07) is 6.49. The fourth-order valence-corrected chi connectivity index (χ4v) is 3.76. The Bertz CT molecular complexity index is 411. The Morgan fingerprint density at radius 2 is 2.26 bits per heavy atom. The van der Waals surface area contributed by atoms with Gasteiger partial charge in [0.2, 0.25) is 0 Å². The van der Waals surface area contributed by atoms with Crippen molar-refractivity contribution < 1.29 is 0 Å². The zero-order chi connectivity index (χ0) is 13.7. The summed E-state index contributed by atoms with van der Waals surface area (Å²) in [5.41, 5.74) is 2.45. The summed E-state index contributed by atoms with van der Waals surface area (Å²) >= 11 is 8.48. The molecule has 4 heteroatoms. The second-order valence-electron chi connectivity index (χ2n) is 4.90. The molecule has 0 bridgehead atoms. The minimum atomic E-state index is 0.758. The maximum Gasteiger partial charge on any atom is 0.0471 e. The first-order valence-corrected chi connectivity index (χ1v) is 8.53. The molecule has 1 atom stereocenters. The fourth-order valence-electron chi connectivity index (χ4n) is 2.34. The number of rotatable bonds is 5. The monoisotopic (exact) mass is 298 g/mol. The molecule has 19 heavy (non-hydrogen) atoms. The highest BCUT2D eigenvalue weighted by Gasteiger charge is 2.19. The molecule has 1 aliphatic heterocycles. The van der Waals surface area contributed by atoms with Gasteiger partial charge in [0.05, 0.1) is 0 Å². The van der Waals surface area contributed by atoms with Crippen LogP contribution in [0.1, 0.15) is 25.8 Å². The van der Waals surface area contributed by atoms with Crippen molar-refractivity contribution in [1.82, 2.24) is 5.32 Å². The molecule has 2 nitrogen and oxygen atoms in total. The average molecular weight is 299 g/mol. The predicted molar refractivity (Wildman–Crippen MR) is 87.6 cm³/mol. The number of benzene rings is 1. The van der Waals surface area contributed by atoms with Gasteiger partial charge < -0.3 is 10.2 Å². The van der Waals surface area contributed by atoms with Gasteiger partial charge in [0, 0.05) is 41.3 Å². The summed E-state index contributed by atoms with van der Waals surface area (Å²) in [6.45, 7) is 8.48. The molecule has 0 saturated carbocycles. The van der Waals surface area contributed by atoms with E-state index in [1.165, 1.54) is 23.4 Å². The van der Waals surface area contributed by atoms with Crippen molar-refractivity contribution in [3.63, 3.8) is 0 Å². The smallest absolute Gasteiger partial charge is 0.0471 e. The number of nitrogens with zero attached hydrogens (tertiary/aromatic N) is 1. The topological polar surface area (TPSA) is 15.3 Å². The molecule has 2 rings (SSSR count). The lowest BCUT2D eigenvalue weighted by Crippen LogP contribution is -2.37. The summed E-state index contributed by atoms with van der Waals surface area (Å²) in [5, 5.41) is 4.96. The van der Waals surface area contributed by atoms with Gasteiger partial charge in [0.1, 0.15) is 0 Å². The lowest BCUT2D eigenvalue weighted by Gasteiger charge is -2.34. The predicted octanol–water partition coefficient (Wildman–Crippen LogP) is 3.78. The van der Waals surface area contributed by atoms with Gasteiger partial charge >= 0.3 is 0 Å². The SMILES string of the molecule is CCNCc1ccc(N2CCSC(CC)C2)cc1Cl. The molecule has 1 unspecified atom stereocenters. The van der Waals surface area contributed by atoms with Crippen LogP contribution in [0.2, 0.25) is 5.02 Å². The minimum absolute atomic E-state index is 0.758. The summed E-state index contributed by atoms with van der Waals surface area (Å²) in [7, 11) is 0. The lowest BCUT2D eigenvalue weighted by molar-refractivity contribution is 0.721. The van der Waals surface area contributed by atoms with Crippen LogP contribution in [-0.2, 0) is 6.54 Å². The molecule has 1 N–H and O–H groups in total. The van der Waals surface area contributed by atoms with Gasteiger partial charge in [-0.1, -0.05) is 31.5 Å². The van der Waals surface area contributed by atoms with E-state index < -0.39 is 0 Å². The third-order valence-electron chi connectivity index (χ3n) is 3.56. The van der Waals surface area contributed by atoms with Crippen LogP contribution in [0.5, 0.6) is 0 Å². The van der Waals surface area contributed by atoms with E-state index >= 15 is 0 Å². The fraction of sp³-hybridized carbons (Fsp3) is 0.600. The van der Waals surface area contributed by atoms with Crippen molar-refractivity contribution in [2.45, 2.75) is 32.1 Å². The number of anilines is 1. The summed E-state index contributed by atoms with van der Waals surface area (Å²) in [4.78, 5) is 2.47. The van der Waals surface area contributed by atoms with E-state index in [-0.39, 0.29) is 0 Å². The average Bonchev–Trinajstić information content (AvgIpc) is 2.46. The Labute approximate surface area is 125 Å². The summed E-state index contributed by atoms with van der Waals surface area (Å²) in [5.74, 6) is 1.22. The molecule has 1 aliphatic rings. The quantitative estimate of drug-likeness (QED) is 0.890. The standard InChI is InChI=1S/C15H23ClN2S/c1-3-14-11-18(7-8-19-14)13-6-5-12(10-17-4-2)15(16)9-13/h5-6,9,14,17H,3-4,7-8,10-11H2,1-2H3. The molecule has 1 aromatic carbocycles. The number of nitrogens with one attached hydrogen (secondary N) is 1. The molecule has 0 amide bonds. The number of hydrogen-bond acceptors (Lipinski definition) is 3. The van der Waals surface area contributed by atoms with Gasteiger partial charge in [-0.2, -0.15) is 11.8 Å². The highest BCUT2D eigenvalue weighted by atomic mass is 35.5. The zero-order valence-electron chi connectivity index (χ0n) is 11.8. The zero-order valence-corrected chi connectivity index (χ0v) is 13.4. The van der Waals surface area contributed by atoms with Crippen molar-refractivity contribution in [1.29, 1.82) is 0 Å². The Kier molecular flexibility index (Phi) is 5.86.